The minimum Gasteiger partial charge on any atom is -0.497 e. The number of tetrazole rings is 1. The summed E-state index contributed by atoms with van der Waals surface area (Å²) in [7, 11) is 4.99. The SMILES string of the molecule is COc1ccc(Cn2nnnc2SCCCn2c(=O)c3c(ncn3C)n(C)c2=O)cc1. The van der Waals surface area contributed by atoms with Crippen LogP contribution in [0.25, 0.3) is 11.2 Å². The van der Waals surface area contributed by atoms with Crippen molar-refractivity contribution in [1.82, 2.24) is 38.9 Å². The van der Waals surface area contributed by atoms with E-state index in [2.05, 4.69) is 20.5 Å². The highest BCUT2D eigenvalue weighted by molar-refractivity contribution is 7.99. The van der Waals surface area contributed by atoms with Crippen LogP contribution >= 0.6 is 11.8 Å². The molecule has 0 aliphatic carbocycles. The third-order valence-corrected chi connectivity index (χ3v) is 5.99. The van der Waals surface area contributed by atoms with Crippen LogP contribution in [0.3, 0.4) is 0 Å². The Bertz CT molecular complexity index is 1320. The van der Waals surface area contributed by atoms with E-state index in [1.807, 2.05) is 24.3 Å². The molecule has 0 N–H and O–H groups in total. The summed E-state index contributed by atoms with van der Waals surface area (Å²) >= 11 is 1.48. The van der Waals surface area contributed by atoms with Gasteiger partial charge >= 0.3 is 5.69 Å². The van der Waals surface area contributed by atoms with E-state index in [9.17, 15) is 9.59 Å². The molecule has 4 aromatic rings. The maximum absolute atomic E-state index is 12.7. The summed E-state index contributed by atoms with van der Waals surface area (Å²) in [4.78, 5) is 29.5. The van der Waals surface area contributed by atoms with Crippen LogP contribution in [-0.4, -0.2) is 51.8 Å². The molecule has 1 aromatic carbocycles. The van der Waals surface area contributed by atoms with E-state index in [1.54, 1.807) is 30.5 Å². The molecule has 0 radical (unpaired) electrons. The fourth-order valence-electron chi connectivity index (χ4n) is 3.28. The van der Waals surface area contributed by atoms with Crippen molar-refractivity contribution in [3.8, 4) is 5.75 Å². The van der Waals surface area contributed by atoms with Crippen LogP contribution in [0.15, 0.2) is 45.3 Å². The number of benzene rings is 1. The van der Waals surface area contributed by atoms with Gasteiger partial charge in [0.1, 0.15) is 5.75 Å². The van der Waals surface area contributed by atoms with Crippen molar-refractivity contribution in [3.05, 3.63) is 57.0 Å². The van der Waals surface area contributed by atoms with Crippen LogP contribution < -0.4 is 16.0 Å². The summed E-state index contributed by atoms with van der Waals surface area (Å²) in [6.45, 7) is 0.843. The summed E-state index contributed by atoms with van der Waals surface area (Å²) in [5.41, 5.74) is 1.16. The van der Waals surface area contributed by atoms with Crippen molar-refractivity contribution < 1.29 is 4.74 Å². The lowest BCUT2D eigenvalue weighted by Crippen LogP contribution is -2.39. The molecule has 11 nitrogen and oxygen atoms in total. The lowest BCUT2D eigenvalue weighted by atomic mass is 10.2. The summed E-state index contributed by atoms with van der Waals surface area (Å²) in [6.07, 6.45) is 2.15. The molecule has 12 heteroatoms. The Kier molecular flexibility index (Phi) is 5.89. The molecule has 162 valence electrons. The first-order chi connectivity index (χ1) is 15.0. The summed E-state index contributed by atoms with van der Waals surface area (Å²) in [6, 6.07) is 7.71. The van der Waals surface area contributed by atoms with Gasteiger partial charge in [-0.05, 0) is 34.5 Å². The predicted molar refractivity (Wildman–Crippen MR) is 115 cm³/mol. The Morgan fingerprint density at radius 2 is 1.90 bits per heavy atom. The van der Waals surface area contributed by atoms with Crippen molar-refractivity contribution in [2.24, 2.45) is 14.1 Å². The second-order valence-electron chi connectivity index (χ2n) is 7.00. The van der Waals surface area contributed by atoms with Gasteiger partial charge < -0.3 is 9.30 Å². The Labute approximate surface area is 181 Å². The second kappa shape index (κ2) is 8.76. The normalized spacial score (nSPS) is 11.3. The van der Waals surface area contributed by atoms with E-state index in [4.69, 9.17) is 4.74 Å². The van der Waals surface area contributed by atoms with E-state index >= 15 is 0 Å². The Balaban J connectivity index is 1.41. The fourth-order valence-corrected chi connectivity index (χ4v) is 4.08. The smallest absolute Gasteiger partial charge is 0.332 e. The van der Waals surface area contributed by atoms with Crippen molar-refractivity contribution in [2.75, 3.05) is 12.9 Å². The second-order valence-corrected chi connectivity index (χ2v) is 8.06. The van der Waals surface area contributed by atoms with Gasteiger partial charge in [-0.1, -0.05) is 23.9 Å². The maximum Gasteiger partial charge on any atom is 0.332 e. The van der Waals surface area contributed by atoms with Gasteiger partial charge in [0.05, 0.1) is 20.0 Å². The summed E-state index contributed by atoms with van der Waals surface area (Å²) in [5.74, 6) is 1.45. The highest BCUT2D eigenvalue weighted by Gasteiger charge is 2.15. The quantitative estimate of drug-likeness (QED) is 0.289. The molecule has 0 amide bonds. The number of hydrogen-bond donors (Lipinski definition) is 0. The molecule has 0 saturated carbocycles. The van der Waals surface area contributed by atoms with E-state index in [1.165, 1.54) is 27.2 Å². The minimum atomic E-state index is -0.370. The predicted octanol–water partition coefficient (Wildman–Crippen LogP) is 0.659. The number of ether oxygens (including phenoxy) is 1. The van der Waals surface area contributed by atoms with Crippen molar-refractivity contribution >= 4 is 22.9 Å². The molecule has 0 fully saturated rings. The van der Waals surface area contributed by atoms with Gasteiger partial charge in [0.2, 0.25) is 5.16 Å². The molecule has 31 heavy (non-hydrogen) atoms. The van der Waals surface area contributed by atoms with Crippen molar-refractivity contribution in [2.45, 2.75) is 24.7 Å². The van der Waals surface area contributed by atoms with Crippen molar-refractivity contribution in [3.63, 3.8) is 0 Å². The van der Waals surface area contributed by atoms with Gasteiger partial charge in [-0.25, -0.2) is 14.5 Å². The standard InChI is InChI=1S/C19H22N8O3S/c1-24-12-20-16-15(24)17(28)26(19(29)25(16)2)9-4-10-31-18-21-22-23-27(18)11-13-5-7-14(30-3)8-6-13/h5-8,12H,4,9-11H2,1-3H3. The first kappa shape index (κ1) is 20.8. The van der Waals surface area contributed by atoms with Gasteiger partial charge in [0.25, 0.3) is 5.56 Å². The molecule has 0 unspecified atom stereocenters. The molecule has 0 atom stereocenters. The van der Waals surface area contributed by atoms with Gasteiger partial charge in [0.15, 0.2) is 11.2 Å². The van der Waals surface area contributed by atoms with Gasteiger partial charge in [0, 0.05) is 26.4 Å². The molecule has 0 bridgehead atoms. The van der Waals surface area contributed by atoms with Gasteiger partial charge in [-0.2, -0.15) is 0 Å². The Morgan fingerprint density at radius 1 is 1.13 bits per heavy atom. The molecule has 4 rings (SSSR count). The van der Waals surface area contributed by atoms with Gasteiger partial charge in [-0.3, -0.25) is 13.9 Å². The number of fused-ring (bicyclic) bond motifs is 1. The van der Waals surface area contributed by atoms with E-state index in [0.29, 0.717) is 41.6 Å². The lowest BCUT2D eigenvalue weighted by molar-refractivity contribution is 0.414. The third-order valence-electron chi connectivity index (χ3n) is 4.95. The van der Waals surface area contributed by atoms with Crippen LogP contribution in [0.5, 0.6) is 5.75 Å². The molecule has 0 aliphatic heterocycles. The van der Waals surface area contributed by atoms with E-state index in [0.717, 1.165) is 11.3 Å². The summed E-state index contributed by atoms with van der Waals surface area (Å²) in [5, 5.41) is 12.6. The number of thioether (sulfide) groups is 1. The first-order valence-corrected chi connectivity index (χ1v) is 10.6. The average molecular weight is 443 g/mol. The topological polar surface area (TPSA) is 115 Å². The number of imidazole rings is 1. The Hall–Kier alpha value is -3.41. The zero-order valence-electron chi connectivity index (χ0n) is 17.4. The summed E-state index contributed by atoms with van der Waals surface area (Å²) < 4.78 is 11.2. The fraction of sp³-hybridized carbons (Fsp3) is 0.368. The molecule has 3 aromatic heterocycles. The minimum absolute atomic E-state index is 0.305. The van der Waals surface area contributed by atoms with Crippen LogP contribution in [0.2, 0.25) is 0 Å². The zero-order chi connectivity index (χ0) is 22.0. The number of hydrogen-bond acceptors (Lipinski definition) is 8. The highest BCUT2D eigenvalue weighted by Crippen LogP contribution is 2.17. The Morgan fingerprint density at radius 3 is 2.65 bits per heavy atom. The van der Waals surface area contributed by atoms with Crippen LogP contribution in [-0.2, 0) is 27.2 Å². The largest absolute Gasteiger partial charge is 0.497 e. The zero-order valence-corrected chi connectivity index (χ0v) is 18.2. The molecule has 0 spiro atoms. The van der Waals surface area contributed by atoms with Gasteiger partial charge in [-0.15, -0.1) is 5.10 Å². The lowest BCUT2D eigenvalue weighted by Gasteiger charge is -2.09. The number of methoxy groups -OCH3 is 1. The molecule has 3 heterocycles. The van der Waals surface area contributed by atoms with E-state index in [-0.39, 0.29) is 11.2 Å². The maximum atomic E-state index is 12.7. The van der Waals surface area contributed by atoms with E-state index < -0.39 is 0 Å². The number of aryl methyl sites for hydroxylation is 2. The van der Waals surface area contributed by atoms with Crippen LogP contribution in [0.1, 0.15) is 12.0 Å². The number of rotatable bonds is 8. The highest BCUT2D eigenvalue weighted by atomic mass is 32.2. The first-order valence-electron chi connectivity index (χ1n) is 9.62. The molecular weight excluding hydrogens is 420 g/mol. The average Bonchev–Trinajstić information content (AvgIpc) is 3.38. The van der Waals surface area contributed by atoms with Crippen LogP contribution in [0.4, 0.5) is 0 Å². The van der Waals surface area contributed by atoms with Crippen molar-refractivity contribution in [1.29, 1.82) is 0 Å². The monoisotopic (exact) mass is 442 g/mol. The third kappa shape index (κ3) is 4.10. The number of nitrogens with zero attached hydrogens (tertiary/aromatic N) is 8. The number of aromatic nitrogens is 8. The molecule has 0 saturated heterocycles. The molecular formula is C19H22N8O3S. The van der Waals surface area contributed by atoms with Crippen LogP contribution in [0, 0.1) is 0 Å². The molecule has 0 aliphatic rings.